The molecule has 2 aromatic heterocycles. The van der Waals surface area contributed by atoms with Crippen molar-refractivity contribution in [3.05, 3.63) is 87.6 Å². The molecule has 0 N–H and O–H groups in total. The number of rotatable bonds is 4. The Morgan fingerprint density at radius 3 is 2.69 bits per heavy atom. The summed E-state index contributed by atoms with van der Waals surface area (Å²) in [6, 6.07) is 15.7. The van der Waals surface area contributed by atoms with Gasteiger partial charge in [0, 0.05) is 16.2 Å². The van der Waals surface area contributed by atoms with E-state index < -0.39 is 0 Å². The molecule has 0 atom stereocenters. The number of benzene rings is 2. The van der Waals surface area contributed by atoms with Crippen molar-refractivity contribution >= 4 is 21.4 Å². The van der Waals surface area contributed by atoms with Gasteiger partial charge in [-0.25, -0.2) is 4.98 Å². The Bertz CT molecular complexity index is 1130. The topological polar surface area (TPSA) is 48.5 Å². The summed E-state index contributed by atoms with van der Waals surface area (Å²) >= 11 is 3.51. The zero-order valence-electron chi connectivity index (χ0n) is 14.1. The first-order valence-electron chi connectivity index (χ1n) is 8.10. The molecule has 130 valence electrons. The Kier molecular flexibility index (Phi) is 4.34. The van der Waals surface area contributed by atoms with Crippen LogP contribution in [0.2, 0.25) is 0 Å². The summed E-state index contributed by atoms with van der Waals surface area (Å²) < 4.78 is 9.72. The molecule has 0 fully saturated rings. The van der Waals surface area contributed by atoms with Gasteiger partial charge in [0.2, 0.25) is 0 Å². The first kappa shape index (κ1) is 16.6. The highest BCUT2D eigenvalue weighted by Gasteiger charge is 2.11. The summed E-state index contributed by atoms with van der Waals surface area (Å²) in [4.78, 5) is 17.0. The van der Waals surface area contributed by atoms with E-state index in [1.807, 2.05) is 59.1 Å². The lowest BCUT2D eigenvalue weighted by molar-refractivity contribution is 0.414. The lowest BCUT2D eigenvalue weighted by Crippen LogP contribution is -2.22. The van der Waals surface area contributed by atoms with Crippen molar-refractivity contribution < 1.29 is 4.74 Å². The van der Waals surface area contributed by atoms with Gasteiger partial charge in [0.25, 0.3) is 5.56 Å². The van der Waals surface area contributed by atoms with Crippen LogP contribution in [0.3, 0.4) is 0 Å². The summed E-state index contributed by atoms with van der Waals surface area (Å²) in [6.45, 7) is 0.478. The fourth-order valence-electron chi connectivity index (χ4n) is 2.97. The second-order valence-electron chi connectivity index (χ2n) is 5.95. The maximum atomic E-state index is 12.8. The quantitative estimate of drug-likeness (QED) is 0.512. The van der Waals surface area contributed by atoms with Gasteiger partial charge in [-0.05, 0) is 29.8 Å². The van der Waals surface area contributed by atoms with Crippen molar-refractivity contribution in [1.29, 1.82) is 0 Å². The highest BCUT2D eigenvalue weighted by atomic mass is 79.9. The Balaban J connectivity index is 1.84. The number of imidazole rings is 1. The molecule has 26 heavy (non-hydrogen) atoms. The molecule has 4 rings (SSSR count). The smallest absolute Gasteiger partial charge is 0.276 e. The number of fused-ring (bicyclic) bond motifs is 1. The standard InChI is InChI=1S/C20H16BrN3O2/c1-26-17-7-5-14(6-8-17)11-23-12-19(15-3-2-4-16(21)9-15)24-13-22-10-18(24)20(23)25/h2-10,12-13H,11H2,1H3. The molecule has 0 saturated carbocycles. The van der Waals surface area contributed by atoms with E-state index in [0.717, 1.165) is 27.0 Å². The largest absolute Gasteiger partial charge is 0.497 e. The van der Waals surface area contributed by atoms with E-state index >= 15 is 0 Å². The summed E-state index contributed by atoms with van der Waals surface area (Å²) in [5.41, 5.74) is 3.42. The van der Waals surface area contributed by atoms with E-state index in [1.54, 1.807) is 24.2 Å². The van der Waals surface area contributed by atoms with Crippen LogP contribution in [0, 0.1) is 0 Å². The van der Waals surface area contributed by atoms with Crippen molar-refractivity contribution in [2.24, 2.45) is 0 Å². The predicted octanol–water partition coefficient (Wildman–Crippen LogP) is 3.98. The van der Waals surface area contributed by atoms with Crippen molar-refractivity contribution in [3.63, 3.8) is 0 Å². The molecule has 0 bridgehead atoms. The molecule has 2 heterocycles. The number of hydrogen-bond acceptors (Lipinski definition) is 3. The zero-order valence-corrected chi connectivity index (χ0v) is 15.7. The van der Waals surface area contributed by atoms with E-state index in [0.29, 0.717) is 12.1 Å². The first-order chi connectivity index (χ1) is 12.7. The molecule has 6 heteroatoms. The van der Waals surface area contributed by atoms with Gasteiger partial charge in [0.15, 0.2) is 0 Å². The van der Waals surface area contributed by atoms with E-state index in [9.17, 15) is 4.79 Å². The van der Waals surface area contributed by atoms with Gasteiger partial charge in [-0.1, -0.05) is 40.2 Å². The summed E-state index contributed by atoms with van der Waals surface area (Å²) in [5, 5.41) is 0. The van der Waals surface area contributed by atoms with Gasteiger partial charge in [0.05, 0.1) is 31.9 Å². The van der Waals surface area contributed by atoms with E-state index in [-0.39, 0.29) is 5.56 Å². The Hall–Kier alpha value is -2.86. The summed E-state index contributed by atoms with van der Waals surface area (Å²) in [7, 11) is 1.64. The minimum atomic E-state index is -0.0722. The van der Waals surface area contributed by atoms with Crippen LogP contribution in [-0.2, 0) is 6.54 Å². The Morgan fingerprint density at radius 2 is 1.96 bits per heavy atom. The van der Waals surface area contributed by atoms with Crippen LogP contribution in [0.4, 0.5) is 0 Å². The van der Waals surface area contributed by atoms with Gasteiger partial charge in [-0.3, -0.25) is 9.20 Å². The molecular weight excluding hydrogens is 394 g/mol. The molecule has 0 aliphatic carbocycles. The molecule has 5 nitrogen and oxygen atoms in total. The van der Waals surface area contributed by atoms with Crippen molar-refractivity contribution in [2.45, 2.75) is 6.54 Å². The number of ether oxygens (including phenoxy) is 1. The van der Waals surface area contributed by atoms with Crippen molar-refractivity contribution in [2.75, 3.05) is 7.11 Å². The molecule has 0 aliphatic rings. The maximum Gasteiger partial charge on any atom is 0.276 e. The van der Waals surface area contributed by atoms with Gasteiger partial charge in [0.1, 0.15) is 11.3 Å². The molecule has 0 unspecified atom stereocenters. The number of hydrogen-bond donors (Lipinski definition) is 0. The van der Waals surface area contributed by atoms with Crippen LogP contribution in [0.5, 0.6) is 5.75 Å². The van der Waals surface area contributed by atoms with Crippen LogP contribution in [-0.4, -0.2) is 21.1 Å². The number of aromatic nitrogens is 3. The van der Waals surface area contributed by atoms with Crippen LogP contribution < -0.4 is 10.3 Å². The first-order valence-corrected chi connectivity index (χ1v) is 8.89. The van der Waals surface area contributed by atoms with Crippen molar-refractivity contribution in [3.8, 4) is 17.0 Å². The predicted molar refractivity (Wildman–Crippen MR) is 105 cm³/mol. The monoisotopic (exact) mass is 409 g/mol. The number of nitrogens with zero attached hydrogens (tertiary/aromatic N) is 3. The highest BCUT2D eigenvalue weighted by molar-refractivity contribution is 9.10. The summed E-state index contributed by atoms with van der Waals surface area (Å²) in [5.74, 6) is 0.794. The maximum absolute atomic E-state index is 12.8. The summed E-state index contributed by atoms with van der Waals surface area (Å²) in [6.07, 6.45) is 5.15. The Labute approximate surface area is 158 Å². The van der Waals surface area contributed by atoms with Gasteiger partial charge >= 0.3 is 0 Å². The van der Waals surface area contributed by atoms with Gasteiger partial charge in [-0.15, -0.1) is 0 Å². The molecule has 2 aromatic carbocycles. The Morgan fingerprint density at radius 1 is 1.15 bits per heavy atom. The van der Waals surface area contributed by atoms with E-state index in [2.05, 4.69) is 20.9 Å². The molecule has 4 aromatic rings. The van der Waals surface area contributed by atoms with Crippen LogP contribution in [0.1, 0.15) is 5.56 Å². The third-order valence-electron chi connectivity index (χ3n) is 4.29. The van der Waals surface area contributed by atoms with E-state index in [1.165, 1.54) is 0 Å². The normalized spacial score (nSPS) is 11.0. The average molecular weight is 410 g/mol. The fraction of sp³-hybridized carbons (Fsp3) is 0.100. The van der Waals surface area contributed by atoms with Gasteiger partial charge < -0.3 is 9.30 Å². The molecule has 0 saturated heterocycles. The highest BCUT2D eigenvalue weighted by Crippen LogP contribution is 2.23. The SMILES string of the molecule is COc1ccc(Cn2cc(-c3cccc(Br)c3)n3cncc3c2=O)cc1. The van der Waals surface area contributed by atoms with E-state index in [4.69, 9.17) is 4.74 Å². The minimum Gasteiger partial charge on any atom is -0.497 e. The molecule has 0 aliphatic heterocycles. The zero-order chi connectivity index (χ0) is 18.1. The second kappa shape index (κ2) is 6.80. The fourth-order valence-corrected chi connectivity index (χ4v) is 3.37. The number of methoxy groups -OCH3 is 1. The second-order valence-corrected chi connectivity index (χ2v) is 6.87. The molecule has 0 amide bonds. The molecule has 0 spiro atoms. The third-order valence-corrected chi connectivity index (χ3v) is 4.78. The number of halogens is 1. The van der Waals surface area contributed by atoms with Crippen molar-refractivity contribution in [1.82, 2.24) is 14.0 Å². The third kappa shape index (κ3) is 3.04. The van der Waals surface area contributed by atoms with Crippen LogP contribution >= 0.6 is 15.9 Å². The molecular formula is C20H16BrN3O2. The minimum absolute atomic E-state index is 0.0722. The van der Waals surface area contributed by atoms with Crippen LogP contribution in [0.15, 0.2) is 76.5 Å². The lowest BCUT2D eigenvalue weighted by Gasteiger charge is -2.12. The molecule has 0 radical (unpaired) electrons. The van der Waals surface area contributed by atoms with Crippen LogP contribution in [0.25, 0.3) is 16.8 Å². The average Bonchev–Trinajstić information content (AvgIpc) is 3.15. The lowest BCUT2D eigenvalue weighted by atomic mass is 10.1. The van der Waals surface area contributed by atoms with Gasteiger partial charge in [-0.2, -0.15) is 0 Å².